The molecule has 1 aromatic rings. The molecule has 1 rings (SSSR count). The monoisotopic (exact) mass is 339 g/mol. The van der Waals surface area contributed by atoms with Crippen molar-refractivity contribution >= 4 is 27.5 Å². The minimum Gasteiger partial charge on any atom is -0.409 e. The lowest BCUT2D eigenvalue weighted by molar-refractivity contribution is -0.137. The van der Waals surface area contributed by atoms with Crippen molar-refractivity contribution < 1.29 is 18.4 Å². The van der Waals surface area contributed by atoms with Crippen LogP contribution in [0, 0.1) is 0 Å². The number of amidine groups is 1. The summed E-state index contributed by atoms with van der Waals surface area (Å²) >= 11 is 3.02. The molecule has 8 heteroatoms. The molecule has 0 aliphatic carbocycles. The van der Waals surface area contributed by atoms with Crippen molar-refractivity contribution in [3.63, 3.8) is 0 Å². The first-order valence-electron chi connectivity index (χ1n) is 5.39. The van der Waals surface area contributed by atoms with Crippen molar-refractivity contribution in [3.05, 3.63) is 28.2 Å². The quantitative estimate of drug-likeness (QED) is 0.340. The van der Waals surface area contributed by atoms with Crippen molar-refractivity contribution in [2.75, 3.05) is 5.32 Å². The number of nitrogens with zero attached hydrogens (tertiary/aromatic N) is 1. The summed E-state index contributed by atoms with van der Waals surface area (Å²) in [4.78, 5) is 0. The molecule has 1 aromatic carbocycles. The SMILES string of the molecule is CCC(Nc1cc(Br)cc(C(F)(F)F)c1)C(N)=NO. The molecule has 1 unspecified atom stereocenters. The number of hydrogen-bond donors (Lipinski definition) is 3. The van der Waals surface area contributed by atoms with E-state index in [1.807, 2.05) is 0 Å². The van der Waals surface area contributed by atoms with E-state index in [0.717, 1.165) is 12.1 Å². The lowest BCUT2D eigenvalue weighted by Gasteiger charge is -2.18. The Kier molecular flexibility index (Phi) is 5.04. The summed E-state index contributed by atoms with van der Waals surface area (Å²) in [6.45, 7) is 1.76. The van der Waals surface area contributed by atoms with Crippen molar-refractivity contribution in [1.29, 1.82) is 0 Å². The Morgan fingerprint density at radius 1 is 1.47 bits per heavy atom. The molecule has 0 fully saturated rings. The molecular weight excluding hydrogens is 327 g/mol. The average molecular weight is 340 g/mol. The van der Waals surface area contributed by atoms with Gasteiger partial charge in [0, 0.05) is 10.2 Å². The third-order valence-electron chi connectivity index (χ3n) is 2.45. The van der Waals surface area contributed by atoms with Gasteiger partial charge in [0.05, 0.1) is 11.6 Å². The van der Waals surface area contributed by atoms with E-state index < -0.39 is 17.8 Å². The standard InChI is InChI=1S/C11H13BrF3N3O/c1-2-9(10(16)18-19)17-8-4-6(11(13,14)15)3-7(12)5-8/h3-5,9,17,19H,2H2,1H3,(H2,16,18). The van der Waals surface area contributed by atoms with Gasteiger partial charge in [-0.05, 0) is 24.6 Å². The third kappa shape index (κ3) is 4.30. The van der Waals surface area contributed by atoms with Crippen LogP contribution in [-0.4, -0.2) is 17.1 Å². The third-order valence-corrected chi connectivity index (χ3v) is 2.90. The highest BCUT2D eigenvalue weighted by atomic mass is 79.9. The van der Waals surface area contributed by atoms with Gasteiger partial charge in [-0.25, -0.2) is 0 Å². The summed E-state index contributed by atoms with van der Waals surface area (Å²) in [5.74, 6) is -0.0870. The number of alkyl halides is 3. The van der Waals surface area contributed by atoms with Crippen LogP contribution in [0.3, 0.4) is 0 Å². The molecule has 0 aliphatic heterocycles. The molecule has 0 radical (unpaired) electrons. The molecule has 0 aliphatic rings. The second-order valence-corrected chi connectivity index (χ2v) is 4.77. The van der Waals surface area contributed by atoms with E-state index in [9.17, 15) is 13.2 Å². The maximum absolute atomic E-state index is 12.7. The molecule has 0 saturated carbocycles. The van der Waals surface area contributed by atoms with Gasteiger partial charge in [-0.3, -0.25) is 0 Å². The van der Waals surface area contributed by atoms with Crippen LogP contribution in [0.25, 0.3) is 0 Å². The van der Waals surface area contributed by atoms with Crippen molar-refractivity contribution in [2.24, 2.45) is 10.9 Å². The Morgan fingerprint density at radius 3 is 2.58 bits per heavy atom. The van der Waals surface area contributed by atoms with Crippen LogP contribution in [0.1, 0.15) is 18.9 Å². The first-order valence-corrected chi connectivity index (χ1v) is 6.19. The van der Waals surface area contributed by atoms with Crippen molar-refractivity contribution in [1.82, 2.24) is 0 Å². The van der Waals surface area contributed by atoms with Crippen molar-refractivity contribution in [2.45, 2.75) is 25.6 Å². The number of anilines is 1. The Morgan fingerprint density at radius 2 is 2.11 bits per heavy atom. The summed E-state index contributed by atoms with van der Waals surface area (Å²) in [6, 6.07) is 2.90. The van der Waals surface area contributed by atoms with Gasteiger partial charge in [0.15, 0.2) is 5.84 Å². The number of oxime groups is 1. The van der Waals surface area contributed by atoms with E-state index in [1.54, 1.807) is 6.92 Å². The van der Waals surface area contributed by atoms with E-state index in [2.05, 4.69) is 26.4 Å². The molecule has 19 heavy (non-hydrogen) atoms. The van der Waals surface area contributed by atoms with Crippen LogP contribution in [0.5, 0.6) is 0 Å². The number of nitrogens with one attached hydrogen (secondary N) is 1. The highest BCUT2D eigenvalue weighted by Gasteiger charge is 2.31. The Labute approximate surface area is 116 Å². The predicted molar refractivity (Wildman–Crippen MR) is 70.3 cm³/mol. The fraction of sp³-hybridized carbons (Fsp3) is 0.364. The van der Waals surface area contributed by atoms with E-state index in [0.29, 0.717) is 10.9 Å². The molecule has 0 aromatic heterocycles. The highest BCUT2D eigenvalue weighted by molar-refractivity contribution is 9.10. The summed E-state index contributed by atoms with van der Waals surface area (Å²) in [6.07, 6.45) is -3.97. The molecule has 106 valence electrons. The minimum absolute atomic E-state index is 0.0870. The second kappa shape index (κ2) is 6.14. The van der Waals surface area contributed by atoms with Crippen LogP contribution in [0.15, 0.2) is 27.8 Å². The molecule has 1 atom stereocenters. The van der Waals surface area contributed by atoms with Crippen LogP contribution in [0.4, 0.5) is 18.9 Å². The van der Waals surface area contributed by atoms with E-state index in [1.165, 1.54) is 6.07 Å². The second-order valence-electron chi connectivity index (χ2n) is 3.86. The Bertz CT molecular complexity index is 477. The average Bonchev–Trinajstić information content (AvgIpc) is 2.33. The van der Waals surface area contributed by atoms with Gasteiger partial charge in [-0.15, -0.1) is 0 Å². The zero-order chi connectivity index (χ0) is 14.6. The lowest BCUT2D eigenvalue weighted by atomic mass is 10.1. The largest absolute Gasteiger partial charge is 0.416 e. The summed E-state index contributed by atoms with van der Waals surface area (Å²) in [5.41, 5.74) is 4.90. The van der Waals surface area contributed by atoms with E-state index in [4.69, 9.17) is 10.9 Å². The summed E-state index contributed by atoms with van der Waals surface area (Å²) in [5, 5.41) is 14.2. The Balaban J connectivity index is 3.05. The van der Waals surface area contributed by atoms with Crippen LogP contribution < -0.4 is 11.1 Å². The molecule has 0 saturated heterocycles. The first kappa shape index (κ1) is 15.6. The molecule has 4 nitrogen and oxygen atoms in total. The molecule has 4 N–H and O–H groups in total. The summed E-state index contributed by atoms with van der Waals surface area (Å²) in [7, 11) is 0. The maximum atomic E-state index is 12.7. The fourth-order valence-corrected chi connectivity index (χ4v) is 1.99. The molecular formula is C11H13BrF3N3O. The van der Waals surface area contributed by atoms with E-state index in [-0.39, 0.29) is 11.5 Å². The van der Waals surface area contributed by atoms with Gasteiger partial charge in [0.2, 0.25) is 0 Å². The van der Waals surface area contributed by atoms with Crippen LogP contribution in [0.2, 0.25) is 0 Å². The fourth-order valence-electron chi connectivity index (χ4n) is 1.49. The van der Waals surface area contributed by atoms with Crippen molar-refractivity contribution in [3.8, 4) is 0 Å². The molecule has 0 amide bonds. The van der Waals surface area contributed by atoms with Gasteiger partial charge in [0.25, 0.3) is 0 Å². The van der Waals surface area contributed by atoms with Crippen LogP contribution >= 0.6 is 15.9 Å². The number of nitrogens with two attached hydrogens (primary N) is 1. The van der Waals surface area contributed by atoms with Gasteiger partial charge in [0.1, 0.15) is 0 Å². The topological polar surface area (TPSA) is 70.6 Å². The number of hydrogen-bond acceptors (Lipinski definition) is 3. The Hall–Kier alpha value is -1.44. The first-order chi connectivity index (χ1) is 8.77. The zero-order valence-electron chi connectivity index (χ0n) is 10.0. The smallest absolute Gasteiger partial charge is 0.409 e. The van der Waals surface area contributed by atoms with Crippen LogP contribution in [-0.2, 0) is 6.18 Å². The maximum Gasteiger partial charge on any atom is 0.416 e. The molecule has 0 bridgehead atoms. The zero-order valence-corrected chi connectivity index (χ0v) is 11.6. The number of halogens is 4. The van der Waals surface area contributed by atoms with Gasteiger partial charge >= 0.3 is 6.18 Å². The molecule has 0 spiro atoms. The molecule has 0 heterocycles. The number of benzene rings is 1. The van der Waals surface area contributed by atoms with E-state index >= 15 is 0 Å². The van der Waals surface area contributed by atoms with Gasteiger partial charge in [-0.1, -0.05) is 28.0 Å². The van der Waals surface area contributed by atoms with Gasteiger partial charge < -0.3 is 16.3 Å². The number of rotatable bonds is 4. The summed E-state index contributed by atoms with van der Waals surface area (Å²) < 4.78 is 38.3. The predicted octanol–water partition coefficient (Wildman–Crippen LogP) is 3.40. The normalized spacial score (nSPS) is 14.3. The lowest BCUT2D eigenvalue weighted by Crippen LogP contribution is -2.35. The highest BCUT2D eigenvalue weighted by Crippen LogP contribution is 2.33. The van der Waals surface area contributed by atoms with Gasteiger partial charge in [-0.2, -0.15) is 13.2 Å². The minimum atomic E-state index is -4.43.